The zero-order valence-electron chi connectivity index (χ0n) is 9.14. The van der Waals surface area contributed by atoms with E-state index in [2.05, 4.69) is 26.9 Å². The second-order valence-corrected chi connectivity index (χ2v) is 3.12. The summed E-state index contributed by atoms with van der Waals surface area (Å²) >= 11 is 0. The number of rotatable bonds is 4. The summed E-state index contributed by atoms with van der Waals surface area (Å²) in [6, 6.07) is 0. The zero-order valence-corrected chi connectivity index (χ0v) is 9.14. The molecule has 6 heteroatoms. The molecule has 1 aromatic heterocycles. The minimum Gasteiger partial charge on any atom is -0.394 e. The van der Waals surface area contributed by atoms with Gasteiger partial charge in [0.25, 0.3) is 0 Å². The molecule has 0 radical (unpaired) electrons. The predicted octanol–water partition coefficient (Wildman–Crippen LogP) is 0.0298. The first-order chi connectivity index (χ1) is 7.63. The van der Waals surface area contributed by atoms with E-state index in [0.717, 1.165) is 5.56 Å². The van der Waals surface area contributed by atoms with Gasteiger partial charge in [0.05, 0.1) is 19.0 Å². The van der Waals surface area contributed by atoms with Crippen LogP contribution in [0.3, 0.4) is 0 Å². The van der Waals surface area contributed by atoms with Crippen molar-refractivity contribution >= 4 is 17.5 Å². The van der Waals surface area contributed by atoms with Crippen LogP contribution in [-0.2, 0) is 0 Å². The minimum atomic E-state index is 0.0243. The molecule has 16 heavy (non-hydrogen) atoms. The Kier molecular flexibility index (Phi) is 4.41. The van der Waals surface area contributed by atoms with E-state index in [0.29, 0.717) is 18.1 Å². The Bertz CT molecular complexity index is 385. The maximum absolute atomic E-state index is 8.61. The maximum atomic E-state index is 8.61. The van der Waals surface area contributed by atoms with Gasteiger partial charge in [-0.05, 0) is 6.92 Å². The number of nitrogen functional groups attached to an aromatic ring is 1. The van der Waals surface area contributed by atoms with Gasteiger partial charge in [-0.2, -0.15) is 0 Å². The number of hydrogen-bond donors (Lipinski definition) is 3. The Morgan fingerprint density at radius 3 is 2.75 bits per heavy atom. The lowest BCUT2D eigenvalue weighted by atomic mass is 10.2. The number of aliphatic hydroxyl groups is 1. The fourth-order valence-corrected chi connectivity index (χ4v) is 1.04. The molecule has 86 valence electrons. The van der Waals surface area contributed by atoms with E-state index < -0.39 is 0 Å². The van der Waals surface area contributed by atoms with Gasteiger partial charge in [0, 0.05) is 23.7 Å². The van der Waals surface area contributed by atoms with Gasteiger partial charge in [-0.3, -0.25) is 4.99 Å². The van der Waals surface area contributed by atoms with E-state index in [1.165, 1.54) is 0 Å². The molecule has 0 fully saturated rings. The van der Waals surface area contributed by atoms with Gasteiger partial charge in [0.1, 0.15) is 0 Å². The molecule has 0 unspecified atom stereocenters. The first kappa shape index (κ1) is 12.1. The number of amidine groups is 1. The average Bonchev–Trinajstić information content (AvgIpc) is 2.27. The summed E-state index contributed by atoms with van der Waals surface area (Å²) in [5, 5.41) is 11.6. The third-order valence-electron chi connectivity index (χ3n) is 1.80. The lowest BCUT2D eigenvalue weighted by Crippen LogP contribution is -2.19. The van der Waals surface area contributed by atoms with Crippen molar-refractivity contribution in [2.45, 2.75) is 6.92 Å². The van der Waals surface area contributed by atoms with Gasteiger partial charge >= 0.3 is 0 Å². The van der Waals surface area contributed by atoms with Crippen LogP contribution in [0.1, 0.15) is 12.5 Å². The van der Waals surface area contributed by atoms with E-state index in [-0.39, 0.29) is 12.6 Å². The Morgan fingerprint density at radius 2 is 2.19 bits per heavy atom. The van der Waals surface area contributed by atoms with E-state index in [1.807, 2.05) is 0 Å². The van der Waals surface area contributed by atoms with Gasteiger partial charge < -0.3 is 16.2 Å². The number of nitrogens with two attached hydrogens (primary N) is 1. The lowest BCUT2D eigenvalue weighted by molar-refractivity contribution is 0.307. The summed E-state index contributed by atoms with van der Waals surface area (Å²) in [7, 11) is 0. The Morgan fingerprint density at radius 1 is 1.56 bits per heavy atom. The van der Waals surface area contributed by atoms with Gasteiger partial charge in [-0.15, -0.1) is 0 Å². The van der Waals surface area contributed by atoms with Crippen LogP contribution in [0.15, 0.2) is 24.0 Å². The van der Waals surface area contributed by atoms with Crippen LogP contribution in [0.2, 0.25) is 0 Å². The first-order valence-corrected chi connectivity index (χ1v) is 4.79. The monoisotopic (exact) mass is 221 g/mol. The molecule has 0 aliphatic carbocycles. The third-order valence-corrected chi connectivity index (χ3v) is 1.80. The van der Waals surface area contributed by atoms with E-state index in [1.54, 1.807) is 19.3 Å². The van der Waals surface area contributed by atoms with Crippen molar-refractivity contribution in [2.75, 3.05) is 18.9 Å². The van der Waals surface area contributed by atoms with Crippen molar-refractivity contribution in [3.63, 3.8) is 0 Å². The molecule has 1 aromatic rings. The minimum absolute atomic E-state index is 0.0243. The van der Waals surface area contributed by atoms with E-state index >= 15 is 0 Å². The fourth-order valence-electron chi connectivity index (χ4n) is 1.04. The van der Waals surface area contributed by atoms with Gasteiger partial charge in [-0.1, -0.05) is 6.58 Å². The number of aliphatic imine (C=N–C) groups is 1. The van der Waals surface area contributed by atoms with Crippen molar-refractivity contribution in [2.24, 2.45) is 4.99 Å². The van der Waals surface area contributed by atoms with Crippen molar-refractivity contribution in [1.82, 2.24) is 15.3 Å². The predicted molar refractivity (Wildman–Crippen MR) is 63.7 cm³/mol. The van der Waals surface area contributed by atoms with Crippen LogP contribution in [0.25, 0.3) is 5.70 Å². The van der Waals surface area contributed by atoms with Crippen LogP contribution in [0.4, 0.5) is 5.95 Å². The molecule has 1 heterocycles. The molecular formula is C10H15N5O. The number of hydrogen-bond acceptors (Lipinski definition) is 5. The van der Waals surface area contributed by atoms with Gasteiger partial charge in [-0.25, -0.2) is 9.97 Å². The van der Waals surface area contributed by atoms with Crippen molar-refractivity contribution < 1.29 is 5.11 Å². The van der Waals surface area contributed by atoms with Crippen molar-refractivity contribution in [3.8, 4) is 0 Å². The quantitative estimate of drug-likeness (QED) is 0.492. The highest BCUT2D eigenvalue weighted by Gasteiger charge is 2.00. The summed E-state index contributed by atoms with van der Waals surface area (Å²) in [5.74, 6) is 0.901. The molecule has 0 atom stereocenters. The van der Waals surface area contributed by atoms with Gasteiger partial charge in [0.2, 0.25) is 5.95 Å². The van der Waals surface area contributed by atoms with Crippen LogP contribution >= 0.6 is 0 Å². The largest absolute Gasteiger partial charge is 0.394 e. The number of anilines is 1. The van der Waals surface area contributed by atoms with E-state index in [4.69, 9.17) is 10.8 Å². The molecule has 4 N–H and O–H groups in total. The van der Waals surface area contributed by atoms with Crippen LogP contribution in [0.5, 0.6) is 0 Å². The second kappa shape index (κ2) is 5.82. The SMILES string of the molecule is C=C(NC(C)=NCCO)c1cnc(N)nc1. The molecule has 0 saturated heterocycles. The highest BCUT2D eigenvalue weighted by molar-refractivity contribution is 5.88. The van der Waals surface area contributed by atoms with Crippen molar-refractivity contribution in [1.29, 1.82) is 0 Å². The number of nitrogens with one attached hydrogen (secondary N) is 1. The smallest absolute Gasteiger partial charge is 0.219 e. The highest BCUT2D eigenvalue weighted by Crippen LogP contribution is 2.06. The molecule has 1 rings (SSSR count). The molecule has 0 saturated carbocycles. The summed E-state index contributed by atoms with van der Waals surface area (Å²) in [4.78, 5) is 11.8. The Balaban J connectivity index is 2.62. The highest BCUT2D eigenvalue weighted by atomic mass is 16.3. The molecular weight excluding hydrogens is 206 g/mol. The average molecular weight is 221 g/mol. The summed E-state index contributed by atoms with van der Waals surface area (Å²) in [6.07, 6.45) is 3.16. The lowest BCUT2D eigenvalue weighted by Gasteiger charge is -2.08. The summed E-state index contributed by atoms with van der Waals surface area (Å²) in [6.45, 7) is 6.01. The molecule has 0 amide bonds. The topological polar surface area (TPSA) is 96.4 Å². The number of nitrogens with zero attached hydrogens (tertiary/aromatic N) is 3. The molecule has 0 aliphatic rings. The molecule has 6 nitrogen and oxygen atoms in total. The van der Waals surface area contributed by atoms with Gasteiger partial charge in [0.15, 0.2) is 0 Å². The standard InChI is InChI=1S/C10H15N5O/c1-7(15-8(2)12-3-4-16)9-5-13-10(11)14-6-9/h5-6,16H,1,3-4H2,2H3,(H,12,15)(H2,11,13,14). The van der Waals surface area contributed by atoms with Crippen LogP contribution < -0.4 is 11.1 Å². The summed E-state index contributed by atoms with van der Waals surface area (Å²) < 4.78 is 0. The Hall–Kier alpha value is -1.95. The van der Waals surface area contributed by atoms with Crippen molar-refractivity contribution in [3.05, 3.63) is 24.5 Å². The van der Waals surface area contributed by atoms with Crippen LogP contribution in [0, 0.1) is 0 Å². The Labute approximate surface area is 94.0 Å². The second-order valence-electron chi connectivity index (χ2n) is 3.12. The normalized spacial score (nSPS) is 11.2. The number of aliphatic hydroxyl groups excluding tert-OH is 1. The zero-order chi connectivity index (χ0) is 12.0. The molecule has 0 spiro atoms. The summed E-state index contributed by atoms with van der Waals surface area (Å²) in [5.41, 5.74) is 6.75. The van der Waals surface area contributed by atoms with Crippen LogP contribution in [-0.4, -0.2) is 34.1 Å². The molecule has 0 bridgehead atoms. The molecule has 0 aromatic carbocycles. The van der Waals surface area contributed by atoms with E-state index in [9.17, 15) is 0 Å². The maximum Gasteiger partial charge on any atom is 0.219 e. The molecule has 0 aliphatic heterocycles. The third kappa shape index (κ3) is 3.66. The fraction of sp³-hybridized carbons (Fsp3) is 0.300. The number of aromatic nitrogens is 2. The first-order valence-electron chi connectivity index (χ1n) is 4.79.